The number of amides is 2. The van der Waals surface area contributed by atoms with Gasteiger partial charge in [0.2, 0.25) is 0 Å². The molecule has 1 aliphatic carbocycles. The van der Waals surface area contributed by atoms with Gasteiger partial charge in [-0.05, 0) is 67.9 Å². The molecule has 2 amide bonds. The summed E-state index contributed by atoms with van der Waals surface area (Å²) in [6.07, 6.45) is 3.86. The van der Waals surface area contributed by atoms with Crippen LogP contribution < -0.4 is 25.7 Å². The first-order chi connectivity index (χ1) is 19.7. The van der Waals surface area contributed by atoms with E-state index in [4.69, 9.17) is 14.2 Å². The summed E-state index contributed by atoms with van der Waals surface area (Å²) in [5, 5.41) is 5.51. The zero-order valence-electron chi connectivity index (χ0n) is 23.0. The van der Waals surface area contributed by atoms with Gasteiger partial charge in [0.1, 0.15) is 11.1 Å². The van der Waals surface area contributed by atoms with E-state index in [-0.39, 0.29) is 54.2 Å². The molecule has 0 spiro atoms. The highest BCUT2D eigenvalue weighted by atomic mass is 19.1. The smallest absolute Gasteiger partial charge is 0.303 e. The van der Waals surface area contributed by atoms with Crippen molar-refractivity contribution < 1.29 is 33.0 Å². The van der Waals surface area contributed by atoms with Crippen molar-refractivity contribution in [3.8, 4) is 11.5 Å². The number of aromatic amines is 1. The number of carbonyl (C=O) groups is 3. The number of benzene rings is 2. The molecule has 0 radical (unpaired) electrons. The van der Waals surface area contributed by atoms with Gasteiger partial charge in [0.05, 0.1) is 19.2 Å². The van der Waals surface area contributed by atoms with E-state index in [1.807, 2.05) is 6.07 Å². The number of rotatable bonds is 11. The molecule has 0 bridgehead atoms. The lowest BCUT2D eigenvalue weighted by molar-refractivity contribution is -0.146. The first-order valence-corrected chi connectivity index (χ1v) is 13.4. The van der Waals surface area contributed by atoms with E-state index < -0.39 is 23.3 Å². The van der Waals surface area contributed by atoms with E-state index in [1.165, 1.54) is 13.0 Å². The van der Waals surface area contributed by atoms with Gasteiger partial charge in [-0.25, -0.2) is 9.37 Å². The molecule has 0 aliphatic heterocycles. The number of esters is 1. The molecule has 2 aromatic carbocycles. The van der Waals surface area contributed by atoms with Crippen LogP contribution in [-0.4, -0.2) is 54.1 Å². The van der Waals surface area contributed by atoms with Crippen molar-refractivity contribution in [3.63, 3.8) is 0 Å². The Hall–Kier alpha value is -4.48. The second-order valence-electron chi connectivity index (χ2n) is 9.92. The van der Waals surface area contributed by atoms with Crippen LogP contribution in [0, 0.1) is 11.7 Å². The largest absolute Gasteiger partial charge is 0.497 e. The molecule has 1 aliphatic rings. The monoisotopic (exact) mass is 568 g/mol. The van der Waals surface area contributed by atoms with Gasteiger partial charge in [-0.15, -0.1) is 0 Å². The third kappa shape index (κ3) is 8.03. The van der Waals surface area contributed by atoms with Crippen molar-refractivity contribution in [3.05, 3.63) is 64.0 Å². The zero-order chi connectivity index (χ0) is 29.4. The Morgan fingerprint density at radius 2 is 1.90 bits per heavy atom. The van der Waals surface area contributed by atoms with Crippen molar-refractivity contribution in [1.82, 2.24) is 20.6 Å². The van der Waals surface area contributed by atoms with E-state index in [0.29, 0.717) is 18.1 Å². The van der Waals surface area contributed by atoms with E-state index in [0.717, 1.165) is 37.3 Å². The second-order valence-corrected chi connectivity index (χ2v) is 9.92. The van der Waals surface area contributed by atoms with Crippen LogP contribution in [0.5, 0.6) is 11.5 Å². The van der Waals surface area contributed by atoms with Gasteiger partial charge in [-0.3, -0.25) is 19.2 Å². The lowest BCUT2D eigenvalue weighted by Crippen LogP contribution is -2.39. The fourth-order valence-electron chi connectivity index (χ4n) is 4.83. The average Bonchev–Trinajstić information content (AvgIpc) is 2.96. The standard InChI is InChI=1S/C29H33FN4O7/c1-17(35)41-16-24(36)32-20-8-6-18(7-9-20)12-13-40-26-22(30)10-11-23-25(26)28(37)34-27(33-23)29(38)31-15-19-4-3-5-21(14-19)39-2/h3-5,10-11,14,18,20H,6-9,12-13,15-16H2,1-2H3,(H,31,38)(H,32,36)(H,33,34,37). The zero-order valence-corrected chi connectivity index (χ0v) is 23.0. The molecular formula is C29H33FN4O7. The number of halogens is 1. The summed E-state index contributed by atoms with van der Waals surface area (Å²) in [6, 6.07) is 9.69. The number of ether oxygens (including phenoxy) is 3. The number of nitrogens with zero attached hydrogens (tertiary/aromatic N) is 1. The summed E-state index contributed by atoms with van der Waals surface area (Å²) >= 11 is 0. The molecule has 3 aromatic rings. The minimum absolute atomic E-state index is 0.0114. The number of nitrogens with one attached hydrogen (secondary N) is 3. The van der Waals surface area contributed by atoms with E-state index in [2.05, 4.69) is 20.6 Å². The maximum atomic E-state index is 14.7. The molecule has 0 saturated heterocycles. The number of hydrogen-bond donors (Lipinski definition) is 3. The van der Waals surface area contributed by atoms with Crippen LogP contribution in [0.4, 0.5) is 4.39 Å². The Balaban J connectivity index is 1.33. The van der Waals surface area contributed by atoms with Crippen LogP contribution in [0.2, 0.25) is 0 Å². The molecular weight excluding hydrogens is 535 g/mol. The summed E-state index contributed by atoms with van der Waals surface area (Å²) in [7, 11) is 1.55. The fraction of sp³-hybridized carbons (Fsp3) is 0.414. The predicted octanol–water partition coefficient (Wildman–Crippen LogP) is 3.01. The van der Waals surface area contributed by atoms with E-state index >= 15 is 0 Å². The minimum atomic E-state index is -0.695. The normalized spacial score (nSPS) is 16.6. The predicted molar refractivity (Wildman–Crippen MR) is 147 cm³/mol. The first-order valence-electron chi connectivity index (χ1n) is 13.4. The number of carbonyl (C=O) groups excluding carboxylic acids is 3. The molecule has 3 N–H and O–H groups in total. The molecule has 4 rings (SSSR count). The van der Waals surface area contributed by atoms with E-state index in [9.17, 15) is 23.6 Å². The Morgan fingerprint density at radius 1 is 1.12 bits per heavy atom. The van der Waals surface area contributed by atoms with Crippen molar-refractivity contribution in [1.29, 1.82) is 0 Å². The SMILES string of the molecule is COc1cccc(CNC(=O)c2nc3ccc(F)c(OCCC4CCC(NC(=O)COC(C)=O)CC4)c3c(=O)[nH]2)c1. The summed E-state index contributed by atoms with van der Waals surface area (Å²) in [4.78, 5) is 55.0. The highest BCUT2D eigenvalue weighted by Crippen LogP contribution is 2.29. The Bertz CT molecular complexity index is 1470. The summed E-state index contributed by atoms with van der Waals surface area (Å²) in [5.41, 5.74) is 0.263. The summed E-state index contributed by atoms with van der Waals surface area (Å²) in [5.74, 6) is -1.55. The maximum absolute atomic E-state index is 14.7. The second kappa shape index (κ2) is 13.7. The molecule has 11 nitrogen and oxygen atoms in total. The highest BCUT2D eigenvalue weighted by molar-refractivity contribution is 5.93. The number of methoxy groups -OCH3 is 1. The van der Waals surface area contributed by atoms with Crippen LogP contribution in [0.1, 0.15) is 55.2 Å². The maximum Gasteiger partial charge on any atom is 0.303 e. The van der Waals surface area contributed by atoms with Crippen LogP contribution in [0.3, 0.4) is 0 Å². The van der Waals surface area contributed by atoms with Crippen molar-refractivity contribution in [2.75, 3.05) is 20.3 Å². The Morgan fingerprint density at radius 3 is 2.63 bits per heavy atom. The van der Waals surface area contributed by atoms with Crippen LogP contribution in [0.15, 0.2) is 41.2 Å². The Kier molecular flexibility index (Phi) is 9.88. The highest BCUT2D eigenvalue weighted by Gasteiger charge is 2.23. The molecule has 1 saturated carbocycles. The fourth-order valence-corrected chi connectivity index (χ4v) is 4.83. The van der Waals surface area contributed by atoms with Crippen molar-refractivity contribution >= 4 is 28.7 Å². The van der Waals surface area contributed by atoms with Gasteiger partial charge in [0.25, 0.3) is 17.4 Å². The number of aromatic nitrogens is 2. The first kappa shape index (κ1) is 29.5. The van der Waals surface area contributed by atoms with Crippen LogP contribution in [0.25, 0.3) is 10.9 Å². The molecule has 0 unspecified atom stereocenters. The molecule has 1 aromatic heterocycles. The number of fused-ring (bicyclic) bond motifs is 1. The van der Waals surface area contributed by atoms with Gasteiger partial charge in [-0.2, -0.15) is 0 Å². The third-order valence-corrected chi connectivity index (χ3v) is 6.97. The van der Waals surface area contributed by atoms with Gasteiger partial charge in [-0.1, -0.05) is 12.1 Å². The third-order valence-electron chi connectivity index (χ3n) is 6.97. The molecule has 41 heavy (non-hydrogen) atoms. The lowest BCUT2D eigenvalue weighted by atomic mass is 9.84. The molecule has 1 heterocycles. The quantitative estimate of drug-likeness (QED) is 0.299. The minimum Gasteiger partial charge on any atom is -0.497 e. The van der Waals surface area contributed by atoms with E-state index in [1.54, 1.807) is 25.3 Å². The molecule has 218 valence electrons. The lowest BCUT2D eigenvalue weighted by Gasteiger charge is -2.29. The molecule has 0 atom stereocenters. The van der Waals surface area contributed by atoms with Gasteiger partial charge in [0, 0.05) is 19.5 Å². The topological polar surface area (TPSA) is 149 Å². The molecule has 12 heteroatoms. The van der Waals surface area contributed by atoms with Gasteiger partial charge >= 0.3 is 5.97 Å². The number of hydrogen-bond acceptors (Lipinski definition) is 8. The van der Waals surface area contributed by atoms with Crippen LogP contribution >= 0.6 is 0 Å². The number of H-pyrrole nitrogens is 1. The van der Waals surface area contributed by atoms with Crippen molar-refractivity contribution in [2.24, 2.45) is 5.92 Å². The van der Waals surface area contributed by atoms with Gasteiger partial charge in [0.15, 0.2) is 24.0 Å². The Labute approximate surface area is 235 Å². The van der Waals surface area contributed by atoms with Crippen molar-refractivity contribution in [2.45, 2.75) is 51.6 Å². The van der Waals surface area contributed by atoms with Gasteiger partial charge < -0.3 is 29.8 Å². The average molecular weight is 569 g/mol. The van der Waals surface area contributed by atoms with Crippen LogP contribution in [-0.2, 0) is 20.9 Å². The molecule has 1 fully saturated rings. The summed E-state index contributed by atoms with van der Waals surface area (Å²) < 4.78 is 30.3. The summed E-state index contributed by atoms with van der Waals surface area (Å²) in [6.45, 7) is 1.34.